The van der Waals surface area contributed by atoms with Crippen molar-refractivity contribution in [3.63, 3.8) is 0 Å². The van der Waals surface area contributed by atoms with Crippen LogP contribution < -0.4 is 5.32 Å². The second-order valence-electron chi connectivity index (χ2n) is 5.13. The lowest BCUT2D eigenvalue weighted by atomic mass is 9.88. The maximum absolute atomic E-state index is 10.8. The number of hydrogen-bond donors (Lipinski definition) is 2. The number of furan rings is 1. The Balaban J connectivity index is 1.68. The van der Waals surface area contributed by atoms with Crippen LogP contribution in [-0.4, -0.2) is 11.1 Å². The molecule has 0 saturated carbocycles. The Kier molecular flexibility index (Phi) is 3.56. The lowest BCUT2D eigenvalue weighted by molar-refractivity contribution is 0.0696. The molecule has 4 nitrogen and oxygen atoms in total. The molecule has 20 heavy (non-hydrogen) atoms. The molecule has 0 amide bonds. The van der Waals surface area contributed by atoms with E-state index in [1.54, 1.807) is 6.07 Å². The summed E-state index contributed by atoms with van der Waals surface area (Å²) in [4.78, 5) is 10.8. The molecule has 2 aromatic rings. The quantitative estimate of drug-likeness (QED) is 0.896. The minimum Gasteiger partial charge on any atom is -0.478 e. The molecule has 0 aliphatic heterocycles. The van der Waals surface area contributed by atoms with E-state index >= 15 is 0 Å². The number of carboxylic acid groups (broad SMARTS) is 1. The first kappa shape index (κ1) is 12.9. The Bertz CT molecular complexity index is 618. The van der Waals surface area contributed by atoms with Crippen molar-refractivity contribution in [2.75, 3.05) is 0 Å². The number of aryl methyl sites for hydroxylation is 1. The Morgan fingerprint density at radius 3 is 3.05 bits per heavy atom. The zero-order chi connectivity index (χ0) is 13.9. The van der Waals surface area contributed by atoms with Crippen LogP contribution in [0.25, 0.3) is 0 Å². The van der Waals surface area contributed by atoms with Gasteiger partial charge in [0.2, 0.25) is 0 Å². The van der Waals surface area contributed by atoms with Crippen molar-refractivity contribution in [1.82, 2.24) is 5.32 Å². The molecule has 0 radical (unpaired) electrons. The molecule has 1 aliphatic rings. The Labute approximate surface area is 117 Å². The van der Waals surface area contributed by atoms with Crippen molar-refractivity contribution in [3.05, 3.63) is 59.0 Å². The third-order valence-corrected chi connectivity index (χ3v) is 3.79. The van der Waals surface area contributed by atoms with Crippen LogP contribution in [-0.2, 0) is 13.0 Å². The fourth-order valence-corrected chi connectivity index (χ4v) is 2.78. The molecule has 1 aromatic carbocycles. The number of fused-ring (bicyclic) bond motifs is 1. The van der Waals surface area contributed by atoms with Crippen LogP contribution >= 0.6 is 0 Å². The van der Waals surface area contributed by atoms with Gasteiger partial charge in [-0.05, 0) is 36.5 Å². The van der Waals surface area contributed by atoms with Gasteiger partial charge in [-0.25, -0.2) is 4.79 Å². The predicted octanol–water partition coefficient (Wildman–Crippen LogP) is 3.15. The molecule has 0 saturated heterocycles. The van der Waals surface area contributed by atoms with Crippen molar-refractivity contribution in [2.45, 2.75) is 31.8 Å². The average molecular weight is 271 g/mol. The van der Waals surface area contributed by atoms with Gasteiger partial charge >= 0.3 is 5.97 Å². The van der Waals surface area contributed by atoms with Crippen molar-refractivity contribution in [1.29, 1.82) is 0 Å². The van der Waals surface area contributed by atoms with E-state index in [0.717, 1.165) is 12.8 Å². The van der Waals surface area contributed by atoms with Crippen molar-refractivity contribution < 1.29 is 14.3 Å². The minimum atomic E-state index is -0.956. The fourth-order valence-electron chi connectivity index (χ4n) is 2.78. The van der Waals surface area contributed by atoms with Gasteiger partial charge in [0.1, 0.15) is 12.0 Å². The molecule has 1 aromatic heterocycles. The number of hydrogen-bond acceptors (Lipinski definition) is 3. The zero-order valence-electron chi connectivity index (χ0n) is 11.1. The van der Waals surface area contributed by atoms with Crippen LogP contribution in [0.5, 0.6) is 0 Å². The smallest absolute Gasteiger partial charge is 0.338 e. The van der Waals surface area contributed by atoms with E-state index in [1.807, 2.05) is 0 Å². The maximum Gasteiger partial charge on any atom is 0.338 e. The Hall–Kier alpha value is -2.07. The van der Waals surface area contributed by atoms with E-state index in [4.69, 9.17) is 9.52 Å². The maximum atomic E-state index is 10.8. The molecule has 1 unspecified atom stereocenters. The van der Waals surface area contributed by atoms with Crippen LogP contribution in [0.1, 0.15) is 46.1 Å². The number of aromatic carboxylic acids is 1. The monoisotopic (exact) mass is 271 g/mol. The molecular formula is C16H17NO3. The SMILES string of the molecule is O=C(O)c1coc(CNC2CCCc3ccccc32)c1. The van der Waals surface area contributed by atoms with Gasteiger partial charge in [0, 0.05) is 6.04 Å². The molecular weight excluding hydrogens is 254 g/mol. The normalized spacial score (nSPS) is 17.7. The Morgan fingerprint density at radius 1 is 1.40 bits per heavy atom. The highest BCUT2D eigenvalue weighted by Gasteiger charge is 2.19. The Morgan fingerprint density at radius 2 is 2.25 bits per heavy atom. The largest absolute Gasteiger partial charge is 0.478 e. The summed E-state index contributed by atoms with van der Waals surface area (Å²) in [6.45, 7) is 0.548. The molecule has 1 aliphatic carbocycles. The van der Waals surface area contributed by atoms with Crippen molar-refractivity contribution in [2.24, 2.45) is 0 Å². The summed E-state index contributed by atoms with van der Waals surface area (Å²) in [5, 5.41) is 12.3. The molecule has 1 atom stereocenters. The van der Waals surface area contributed by atoms with Gasteiger partial charge in [0.05, 0.1) is 12.1 Å². The predicted molar refractivity (Wildman–Crippen MR) is 74.6 cm³/mol. The molecule has 0 bridgehead atoms. The number of rotatable bonds is 4. The van der Waals surface area contributed by atoms with Crippen molar-refractivity contribution >= 4 is 5.97 Å². The topological polar surface area (TPSA) is 62.5 Å². The summed E-state index contributed by atoms with van der Waals surface area (Å²) >= 11 is 0. The summed E-state index contributed by atoms with van der Waals surface area (Å²) in [7, 11) is 0. The third-order valence-electron chi connectivity index (χ3n) is 3.79. The molecule has 0 fully saturated rings. The van der Waals surface area contributed by atoms with E-state index in [9.17, 15) is 4.79 Å². The highest BCUT2D eigenvalue weighted by Crippen LogP contribution is 2.29. The standard InChI is InChI=1S/C16H17NO3/c18-16(19)12-8-13(20-10-12)9-17-15-7-3-5-11-4-1-2-6-14(11)15/h1-2,4,6,8,10,15,17H,3,5,7,9H2,(H,18,19). The van der Waals surface area contributed by atoms with Crippen LogP contribution in [0.2, 0.25) is 0 Å². The van der Waals surface area contributed by atoms with Crippen LogP contribution in [0.4, 0.5) is 0 Å². The second-order valence-corrected chi connectivity index (χ2v) is 5.13. The first-order valence-corrected chi connectivity index (χ1v) is 6.86. The van der Waals surface area contributed by atoms with Gasteiger partial charge in [0.15, 0.2) is 0 Å². The molecule has 1 heterocycles. The summed E-state index contributed by atoms with van der Waals surface area (Å²) in [5.74, 6) is -0.298. The summed E-state index contributed by atoms with van der Waals surface area (Å²) in [6.07, 6.45) is 4.70. The summed E-state index contributed by atoms with van der Waals surface area (Å²) in [5.41, 5.74) is 2.96. The first-order valence-electron chi connectivity index (χ1n) is 6.86. The average Bonchev–Trinajstić information content (AvgIpc) is 2.94. The first-order chi connectivity index (χ1) is 9.74. The molecule has 3 rings (SSSR count). The van der Waals surface area contributed by atoms with Gasteiger partial charge in [-0.2, -0.15) is 0 Å². The van der Waals surface area contributed by atoms with E-state index in [1.165, 1.54) is 23.8 Å². The minimum absolute atomic E-state index is 0.200. The van der Waals surface area contributed by atoms with E-state index in [0.29, 0.717) is 18.3 Å². The molecule has 0 spiro atoms. The lowest BCUT2D eigenvalue weighted by Crippen LogP contribution is -2.24. The number of carbonyl (C=O) groups is 1. The summed E-state index contributed by atoms with van der Waals surface area (Å²) in [6, 6.07) is 10.4. The van der Waals surface area contributed by atoms with Gasteiger partial charge in [-0.15, -0.1) is 0 Å². The van der Waals surface area contributed by atoms with Gasteiger partial charge < -0.3 is 14.8 Å². The third kappa shape index (κ3) is 2.60. The van der Waals surface area contributed by atoms with Crippen molar-refractivity contribution in [3.8, 4) is 0 Å². The van der Waals surface area contributed by atoms with Gasteiger partial charge in [-0.1, -0.05) is 24.3 Å². The summed E-state index contributed by atoms with van der Waals surface area (Å²) < 4.78 is 5.26. The molecule has 2 N–H and O–H groups in total. The van der Waals surface area contributed by atoms with E-state index in [2.05, 4.69) is 29.6 Å². The highest BCUT2D eigenvalue weighted by molar-refractivity contribution is 5.87. The van der Waals surface area contributed by atoms with Gasteiger partial charge in [-0.3, -0.25) is 0 Å². The lowest BCUT2D eigenvalue weighted by Gasteiger charge is -2.26. The zero-order valence-corrected chi connectivity index (χ0v) is 11.1. The van der Waals surface area contributed by atoms with Gasteiger partial charge in [0.25, 0.3) is 0 Å². The highest BCUT2D eigenvalue weighted by atomic mass is 16.4. The van der Waals surface area contributed by atoms with Crippen LogP contribution in [0, 0.1) is 0 Å². The molecule has 104 valence electrons. The van der Waals surface area contributed by atoms with Crippen LogP contribution in [0.3, 0.4) is 0 Å². The van der Waals surface area contributed by atoms with E-state index < -0.39 is 5.97 Å². The van der Waals surface area contributed by atoms with Crippen LogP contribution in [0.15, 0.2) is 41.0 Å². The van der Waals surface area contributed by atoms with E-state index in [-0.39, 0.29) is 5.56 Å². The number of carboxylic acids is 1. The molecule has 4 heteroatoms. The number of benzene rings is 1. The second kappa shape index (κ2) is 5.51. The fraction of sp³-hybridized carbons (Fsp3) is 0.312. The number of nitrogens with one attached hydrogen (secondary N) is 1.